The smallest absolute Gasteiger partial charge is 0.220 e. The Morgan fingerprint density at radius 1 is 0.596 bits per heavy atom. The molecule has 2 aromatic carbocycles. The fourth-order valence-electron chi connectivity index (χ4n) is 8.19. The molecule has 0 saturated carbocycles. The molecule has 4 heterocycles. The normalized spacial score (nSPS) is 16.7. The van der Waals surface area contributed by atoms with Gasteiger partial charge in [0.1, 0.15) is 0 Å². The van der Waals surface area contributed by atoms with E-state index in [1.807, 2.05) is 74.5 Å². The topological polar surface area (TPSA) is 114 Å². The third-order valence-corrected chi connectivity index (χ3v) is 11.9. The molecule has 0 radical (unpaired) electrons. The molecule has 0 fully saturated rings. The van der Waals surface area contributed by atoms with Crippen LogP contribution in [0.1, 0.15) is 129 Å². The van der Waals surface area contributed by atoms with Crippen molar-refractivity contribution in [2.75, 3.05) is 0 Å². The lowest BCUT2D eigenvalue weighted by atomic mass is 9.93. The number of hydrogen-bond acceptors (Lipinski definition) is 4. The van der Waals surface area contributed by atoms with Gasteiger partial charge in [-0.15, -0.1) is 0 Å². The second-order valence-corrected chi connectivity index (χ2v) is 15.8. The monoisotopic (exact) mass is 762 g/mol. The van der Waals surface area contributed by atoms with E-state index in [2.05, 4.69) is 88.1 Å². The number of aromatic nitrogens is 2. The van der Waals surface area contributed by atoms with E-state index in [1.54, 1.807) is 0 Å². The molecule has 2 atom stereocenters. The Balaban J connectivity index is 1.12. The molecule has 57 heavy (non-hydrogen) atoms. The second kappa shape index (κ2) is 17.6. The summed E-state index contributed by atoms with van der Waals surface area (Å²) < 4.78 is 0. The maximum absolute atomic E-state index is 12.9. The first-order valence-corrected chi connectivity index (χ1v) is 20.2. The minimum atomic E-state index is -0.0332. The van der Waals surface area contributed by atoms with Gasteiger partial charge < -0.3 is 20.6 Å². The maximum atomic E-state index is 12.9. The van der Waals surface area contributed by atoms with Gasteiger partial charge in [-0.3, -0.25) is 19.6 Å². The van der Waals surface area contributed by atoms with Gasteiger partial charge in [0.05, 0.1) is 23.5 Å². The third-order valence-electron chi connectivity index (χ3n) is 11.9. The van der Waals surface area contributed by atoms with Crippen molar-refractivity contribution in [1.29, 1.82) is 0 Å². The van der Waals surface area contributed by atoms with Crippen LogP contribution in [-0.4, -0.2) is 33.2 Å². The van der Waals surface area contributed by atoms with Crippen molar-refractivity contribution in [3.63, 3.8) is 0 Å². The van der Waals surface area contributed by atoms with Gasteiger partial charge in [0, 0.05) is 53.5 Å². The van der Waals surface area contributed by atoms with Crippen molar-refractivity contribution >= 4 is 35.4 Å². The molecule has 0 saturated heterocycles. The van der Waals surface area contributed by atoms with Gasteiger partial charge in [0.15, 0.2) is 0 Å². The van der Waals surface area contributed by atoms with E-state index >= 15 is 0 Å². The number of allylic oxidation sites excluding steroid dienone is 4. The predicted molar refractivity (Wildman–Crippen MR) is 235 cm³/mol. The van der Waals surface area contributed by atoms with Crippen LogP contribution in [0.25, 0.3) is 12.2 Å². The molecule has 2 aliphatic rings. The molecule has 4 aromatic rings. The van der Waals surface area contributed by atoms with Crippen molar-refractivity contribution in [3.05, 3.63) is 151 Å². The molecule has 0 unspecified atom stereocenters. The average Bonchev–Trinajstić information content (AvgIpc) is 3.82. The van der Waals surface area contributed by atoms with E-state index < -0.39 is 0 Å². The van der Waals surface area contributed by atoms with Crippen molar-refractivity contribution in [1.82, 2.24) is 20.6 Å². The number of benzene rings is 2. The highest BCUT2D eigenvalue weighted by atomic mass is 16.2. The highest BCUT2D eigenvalue weighted by Gasteiger charge is 2.25. The van der Waals surface area contributed by atoms with Crippen LogP contribution in [-0.2, 0) is 22.4 Å². The van der Waals surface area contributed by atoms with Gasteiger partial charge in [0.25, 0.3) is 0 Å². The molecule has 296 valence electrons. The lowest BCUT2D eigenvalue weighted by molar-refractivity contribution is -0.122. The van der Waals surface area contributed by atoms with Crippen LogP contribution in [0.4, 0.5) is 0 Å². The van der Waals surface area contributed by atoms with Crippen LogP contribution in [0.5, 0.6) is 0 Å². The molecule has 2 aliphatic heterocycles. The van der Waals surface area contributed by atoms with Crippen LogP contribution in [0.15, 0.2) is 104 Å². The van der Waals surface area contributed by atoms with Crippen LogP contribution in [0, 0.1) is 27.7 Å². The number of carbonyl (C=O) groups excluding carboxylic acids is 2. The summed E-state index contributed by atoms with van der Waals surface area (Å²) in [6.45, 7) is 21.0. The maximum Gasteiger partial charge on any atom is 0.220 e. The van der Waals surface area contributed by atoms with E-state index in [0.29, 0.717) is 25.7 Å². The van der Waals surface area contributed by atoms with Crippen LogP contribution < -0.4 is 10.6 Å². The van der Waals surface area contributed by atoms with Gasteiger partial charge in [-0.1, -0.05) is 60.7 Å². The summed E-state index contributed by atoms with van der Waals surface area (Å²) in [6.07, 6.45) is 7.25. The average molecular weight is 763 g/mol. The minimum absolute atomic E-state index is 0.0332. The number of nitrogens with zero attached hydrogens (tertiary/aromatic N) is 2. The summed E-state index contributed by atoms with van der Waals surface area (Å²) in [4.78, 5) is 43.0. The third kappa shape index (κ3) is 9.28. The molecule has 0 aliphatic carbocycles. The largest absolute Gasteiger partial charge is 0.359 e. The Morgan fingerprint density at radius 3 is 1.33 bits per heavy atom. The molecule has 2 aromatic heterocycles. The first-order valence-electron chi connectivity index (χ1n) is 20.2. The summed E-state index contributed by atoms with van der Waals surface area (Å²) in [5.41, 5.74) is 19.9. The summed E-state index contributed by atoms with van der Waals surface area (Å²) in [5, 5.41) is 6.29. The molecule has 6 rings (SSSR count). The Hall–Kier alpha value is -5.76. The van der Waals surface area contributed by atoms with E-state index in [9.17, 15) is 9.59 Å². The summed E-state index contributed by atoms with van der Waals surface area (Å²) in [5.74, 6) is 0.0978. The molecular weight excluding hydrogens is 705 g/mol. The minimum Gasteiger partial charge on any atom is -0.359 e. The molecule has 2 amide bonds. The summed E-state index contributed by atoms with van der Waals surface area (Å²) in [6, 6.07) is 20.0. The quantitative estimate of drug-likeness (QED) is 0.102. The fraction of sp³-hybridized carbons (Fsp3) is 0.347. The first-order chi connectivity index (χ1) is 27.2. The molecule has 8 heteroatoms. The Kier molecular flexibility index (Phi) is 12.6. The summed E-state index contributed by atoms with van der Waals surface area (Å²) in [7, 11) is 0. The number of aryl methyl sites for hydroxylation is 2. The molecule has 4 N–H and O–H groups in total. The lowest BCUT2D eigenvalue weighted by Gasteiger charge is -2.14. The Morgan fingerprint density at radius 2 is 0.965 bits per heavy atom. The number of amides is 2. The van der Waals surface area contributed by atoms with Crippen LogP contribution >= 0.6 is 0 Å². The highest BCUT2D eigenvalue weighted by molar-refractivity contribution is 6.09. The molecule has 0 bridgehead atoms. The van der Waals surface area contributed by atoms with Gasteiger partial charge in [-0.2, -0.15) is 0 Å². The van der Waals surface area contributed by atoms with Crippen molar-refractivity contribution in [2.24, 2.45) is 9.98 Å². The highest BCUT2D eigenvalue weighted by Crippen LogP contribution is 2.37. The number of rotatable bonds is 14. The predicted octanol–water partition coefficient (Wildman–Crippen LogP) is 10.6. The standard InChI is InChI=1S/C49H58N6O2/c1-28-40(21-23-48(56)54-32(5)38-17-13-11-14-18-38)34(7)50-44(28)26-46-30(3)42(36(9)52-46)25-43-31(4)47(53-37(43)10)27-45-29(2)41(35(8)51-45)22-24-49(57)55-33(6)39-19-15-12-16-20-39/h11-20,26-27,32-33,50-51H,21-25H2,1-10H3,(H,54,56)(H,55,57)/b46-26-,47-27-/t32-,33-/m0/s1. The SMILES string of the molecule is CC1=N/C(=C\c2[nH]c(C)c(CCC(=O)N[C@@H](C)c3ccccc3)c2C)C(C)=C1CC1=C(C)/C(=C/c2[nH]c(C)c(CCC(=O)N[C@@H](C)c3ccccc3)c2C)N=C1C. The Bertz CT molecular complexity index is 2200. The lowest BCUT2D eigenvalue weighted by Crippen LogP contribution is -2.26. The molecular formula is C49H58N6O2. The van der Waals surface area contributed by atoms with Crippen molar-refractivity contribution in [3.8, 4) is 0 Å². The van der Waals surface area contributed by atoms with E-state index in [4.69, 9.17) is 9.98 Å². The van der Waals surface area contributed by atoms with Gasteiger partial charge in [0.2, 0.25) is 11.8 Å². The second-order valence-electron chi connectivity index (χ2n) is 15.8. The number of carbonyl (C=O) groups is 2. The van der Waals surface area contributed by atoms with Crippen molar-refractivity contribution in [2.45, 2.75) is 113 Å². The van der Waals surface area contributed by atoms with Gasteiger partial charge in [-0.05, 0) is 150 Å². The Labute approximate surface area is 338 Å². The number of nitrogens with one attached hydrogen (secondary N) is 4. The van der Waals surface area contributed by atoms with Crippen LogP contribution in [0.3, 0.4) is 0 Å². The first kappa shape index (κ1) is 40.9. The van der Waals surface area contributed by atoms with Crippen LogP contribution in [0.2, 0.25) is 0 Å². The van der Waals surface area contributed by atoms with Gasteiger partial charge >= 0.3 is 0 Å². The van der Waals surface area contributed by atoms with E-state index in [-0.39, 0.29) is 23.9 Å². The van der Waals surface area contributed by atoms with Crippen molar-refractivity contribution < 1.29 is 9.59 Å². The summed E-state index contributed by atoms with van der Waals surface area (Å²) >= 11 is 0. The zero-order chi connectivity index (χ0) is 41.0. The number of aromatic amines is 2. The molecule has 0 spiro atoms. The zero-order valence-corrected chi connectivity index (χ0v) is 35.3. The zero-order valence-electron chi connectivity index (χ0n) is 35.3. The number of aliphatic imine (C=N–C) groups is 2. The van der Waals surface area contributed by atoms with Gasteiger partial charge in [-0.25, -0.2) is 0 Å². The van der Waals surface area contributed by atoms with E-state index in [1.165, 1.54) is 33.4 Å². The number of H-pyrrole nitrogens is 2. The fourth-order valence-corrected chi connectivity index (χ4v) is 8.19. The number of hydrogen-bond donors (Lipinski definition) is 4. The molecule has 8 nitrogen and oxygen atoms in total. The van der Waals surface area contributed by atoms with E-state index in [0.717, 1.165) is 74.3 Å².